The topological polar surface area (TPSA) is 12.9 Å². The van der Waals surface area contributed by atoms with Crippen molar-refractivity contribution in [3.8, 4) is 11.3 Å². The first-order chi connectivity index (χ1) is 8.08. The molecule has 0 bridgehead atoms. The Morgan fingerprint density at radius 3 is 2.47 bits per heavy atom. The highest BCUT2D eigenvalue weighted by molar-refractivity contribution is 5.76. The van der Waals surface area contributed by atoms with Gasteiger partial charge >= 0.3 is 0 Å². The zero-order chi connectivity index (χ0) is 12.2. The molecule has 0 atom stereocenters. The van der Waals surface area contributed by atoms with Gasteiger partial charge in [0.15, 0.2) is 0 Å². The Balaban J connectivity index is 2.32. The molecule has 3 rings (SSSR count). The van der Waals surface area contributed by atoms with Crippen molar-refractivity contribution in [3.05, 3.63) is 51.7 Å². The lowest BCUT2D eigenvalue weighted by atomic mass is 10.0. The molecule has 1 heterocycles. The van der Waals surface area contributed by atoms with Gasteiger partial charge in [0.2, 0.25) is 0 Å². The molecule has 0 spiro atoms. The summed E-state index contributed by atoms with van der Waals surface area (Å²) in [6.07, 6.45) is 3.05. The van der Waals surface area contributed by atoms with E-state index in [1.165, 1.54) is 44.6 Å². The number of hydrogen-bond acceptors (Lipinski definition) is 1. The van der Waals surface area contributed by atoms with E-state index >= 15 is 0 Å². The molecule has 86 valence electrons. The van der Waals surface area contributed by atoms with Gasteiger partial charge < -0.3 is 0 Å². The smallest absolute Gasteiger partial charge is 0.0743 e. The lowest BCUT2D eigenvalue weighted by Crippen LogP contribution is -1.92. The van der Waals surface area contributed by atoms with E-state index in [0.29, 0.717) is 0 Å². The van der Waals surface area contributed by atoms with Crippen molar-refractivity contribution in [1.82, 2.24) is 4.98 Å². The summed E-state index contributed by atoms with van der Waals surface area (Å²) in [5, 5.41) is 0. The van der Waals surface area contributed by atoms with E-state index < -0.39 is 0 Å². The second-order valence-corrected chi connectivity index (χ2v) is 5.18. The fourth-order valence-corrected chi connectivity index (χ4v) is 2.82. The summed E-state index contributed by atoms with van der Waals surface area (Å²) in [5.74, 6) is 0. The monoisotopic (exact) mass is 223 g/mol. The van der Waals surface area contributed by atoms with Crippen molar-refractivity contribution in [2.24, 2.45) is 0 Å². The first kappa shape index (κ1) is 10.5. The number of aromatic nitrogens is 1. The molecule has 1 aromatic heterocycles. The third kappa shape index (κ3) is 1.42. The van der Waals surface area contributed by atoms with Gasteiger partial charge in [-0.25, -0.2) is 0 Å². The minimum absolute atomic E-state index is 1.05. The van der Waals surface area contributed by atoms with E-state index in [1.807, 2.05) is 6.20 Å². The normalized spacial score (nSPS) is 12.5. The largest absolute Gasteiger partial charge is 0.256 e. The average Bonchev–Trinajstić information content (AvgIpc) is 2.63. The van der Waals surface area contributed by atoms with Gasteiger partial charge in [0.25, 0.3) is 0 Å². The van der Waals surface area contributed by atoms with E-state index in [0.717, 1.165) is 6.42 Å². The zero-order valence-electron chi connectivity index (χ0n) is 10.9. The Morgan fingerprint density at radius 1 is 0.941 bits per heavy atom. The highest BCUT2D eigenvalue weighted by Crippen LogP contribution is 2.39. The van der Waals surface area contributed by atoms with Crippen molar-refractivity contribution in [1.29, 1.82) is 0 Å². The van der Waals surface area contributed by atoms with Crippen LogP contribution in [0, 0.1) is 27.7 Å². The molecule has 1 aromatic carbocycles. The quantitative estimate of drug-likeness (QED) is 0.563. The van der Waals surface area contributed by atoms with E-state index in [1.54, 1.807) is 0 Å². The Hall–Kier alpha value is -1.63. The average molecular weight is 223 g/mol. The van der Waals surface area contributed by atoms with E-state index in [4.69, 9.17) is 0 Å². The second-order valence-electron chi connectivity index (χ2n) is 5.18. The molecule has 0 saturated carbocycles. The molecule has 0 amide bonds. The lowest BCUT2D eigenvalue weighted by Gasteiger charge is -2.06. The number of nitrogens with zero attached hydrogens (tertiary/aromatic N) is 1. The fraction of sp³-hybridized carbons (Fsp3) is 0.312. The van der Waals surface area contributed by atoms with Crippen LogP contribution in [0.5, 0.6) is 0 Å². The molecule has 0 radical (unpaired) electrons. The molecule has 0 unspecified atom stereocenters. The van der Waals surface area contributed by atoms with Crippen molar-refractivity contribution in [2.45, 2.75) is 34.1 Å². The summed E-state index contributed by atoms with van der Waals surface area (Å²) in [7, 11) is 0. The molecule has 0 N–H and O–H groups in total. The Kier molecular flexibility index (Phi) is 2.12. The fourth-order valence-electron chi connectivity index (χ4n) is 2.82. The summed E-state index contributed by atoms with van der Waals surface area (Å²) in [6.45, 7) is 8.72. The van der Waals surface area contributed by atoms with Crippen LogP contribution in [0.4, 0.5) is 0 Å². The molecule has 2 aromatic rings. The number of benzene rings is 1. The van der Waals surface area contributed by atoms with Gasteiger partial charge in [-0.05, 0) is 61.6 Å². The molecule has 1 heteroatoms. The molecule has 17 heavy (non-hydrogen) atoms. The number of hydrogen-bond donors (Lipinski definition) is 0. The van der Waals surface area contributed by atoms with Crippen LogP contribution >= 0.6 is 0 Å². The third-order valence-electron chi connectivity index (χ3n) is 3.94. The van der Waals surface area contributed by atoms with Gasteiger partial charge in [-0.15, -0.1) is 0 Å². The van der Waals surface area contributed by atoms with Gasteiger partial charge in [-0.3, -0.25) is 4.98 Å². The first-order valence-corrected chi connectivity index (χ1v) is 6.13. The Labute approximate surface area is 103 Å². The minimum atomic E-state index is 1.05. The van der Waals surface area contributed by atoms with Crippen molar-refractivity contribution >= 4 is 0 Å². The first-order valence-electron chi connectivity index (χ1n) is 6.13. The van der Waals surface area contributed by atoms with Crippen molar-refractivity contribution in [3.63, 3.8) is 0 Å². The van der Waals surface area contributed by atoms with Gasteiger partial charge in [-0.1, -0.05) is 11.6 Å². The molecular formula is C16H17N. The van der Waals surface area contributed by atoms with Gasteiger partial charge in [0.1, 0.15) is 0 Å². The summed E-state index contributed by atoms with van der Waals surface area (Å²) < 4.78 is 0. The third-order valence-corrected chi connectivity index (χ3v) is 3.94. The van der Waals surface area contributed by atoms with Crippen LogP contribution in [0.25, 0.3) is 11.3 Å². The molecule has 1 nitrogen and oxygen atoms in total. The van der Waals surface area contributed by atoms with Crippen molar-refractivity contribution in [2.75, 3.05) is 0 Å². The van der Waals surface area contributed by atoms with Gasteiger partial charge in [-0.2, -0.15) is 0 Å². The van der Waals surface area contributed by atoms with Crippen LogP contribution in [0.15, 0.2) is 18.3 Å². The maximum absolute atomic E-state index is 4.64. The van der Waals surface area contributed by atoms with Crippen LogP contribution in [0.3, 0.4) is 0 Å². The highest BCUT2D eigenvalue weighted by Gasteiger charge is 2.23. The van der Waals surface area contributed by atoms with Crippen LogP contribution in [0.2, 0.25) is 0 Å². The lowest BCUT2D eigenvalue weighted by molar-refractivity contribution is 1.13. The van der Waals surface area contributed by atoms with Crippen LogP contribution in [0.1, 0.15) is 33.4 Å². The van der Waals surface area contributed by atoms with Crippen molar-refractivity contribution < 1.29 is 0 Å². The summed E-state index contributed by atoms with van der Waals surface area (Å²) in [5.41, 5.74) is 10.9. The second kappa shape index (κ2) is 3.43. The molecule has 1 aliphatic carbocycles. The predicted octanol–water partition coefficient (Wildman–Crippen LogP) is 3.89. The Morgan fingerprint density at radius 2 is 1.71 bits per heavy atom. The zero-order valence-corrected chi connectivity index (χ0v) is 10.9. The summed E-state index contributed by atoms with van der Waals surface area (Å²) >= 11 is 0. The Bertz CT molecular complexity index is 624. The van der Waals surface area contributed by atoms with Gasteiger partial charge in [0, 0.05) is 18.2 Å². The number of aryl methyl sites for hydroxylation is 3. The minimum Gasteiger partial charge on any atom is -0.256 e. The maximum Gasteiger partial charge on any atom is 0.0743 e. The predicted molar refractivity (Wildman–Crippen MR) is 71.4 cm³/mol. The van der Waals surface area contributed by atoms with E-state index in [-0.39, 0.29) is 0 Å². The molecule has 1 aliphatic rings. The number of pyridine rings is 1. The van der Waals surface area contributed by atoms with E-state index in [2.05, 4.69) is 44.8 Å². The summed E-state index contributed by atoms with van der Waals surface area (Å²) in [4.78, 5) is 4.64. The van der Waals surface area contributed by atoms with Crippen LogP contribution in [-0.2, 0) is 6.42 Å². The molecule has 0 fully saturated rings. The molecular weight excluding hydrogens is 206 g/mol. The SMILES string of the molecule is Cc1cc(C)c2c(c1)-c1ncc(C)c(C)c1C2. The maximum atomic E-state index is 4.64. The highest BCUT2D eigenvalue weighted by atomic mass is 14.7. The number of rotatable bonds is 0. The standard InChI is InChI=1S/C16H17N/c1-9-5-10(2)13-7-14-12(4)11(3)8-17-16(14)15(13)6-9/h5-6,8H,7H2,1-4H3. The van der Waals surface area contributed by atoms with Crippen LogP contribution < -0.4 is 0 Å². The van der Waals surface area contributed by atoms with Crippen LogP contribution in [-0.4, -0.2) is 4.98 Å². The summed E-state index contributed by atoms with van der Waals surface area (Å²) in [6, 6.07) is 4.54. The van der Waals surface area contributed by atoms with Gasteiger partial charge in [0.05, 0.1) is 5.69 Å². The number of fused-ring (bicyclic) bond motifs is 3. The van der Waals surface area contributed by atoms with E-state index in [9.17, 15) is 0 Å². The molecule has 0 saturated heterocycles. The molecule has 0 aliphatic heterocycles.